The molecule has 0 bridgehead atoms. The Morgan fingerprint density at radius 2 is 2.44 bits per heavy atom. The van der Waals surface area contributed by atoms with Crippen LogP contribution in [0.15, 0.2) is 11.4 Å². The molecule has 2 rings (SSSR count). The van der Waals surface area contributed by atoms with E-state index >= 15 is 0 Å². The van der Waals surface area contributed by atoms with Crippen LogP contribution in [0.5, 0.6) is 5.75 Å². The van der Waals surface area contributed by atoms with Gasteiger partial charge in [0.2, 0.25) is 0 Å². The molecule has 5 heteroatoms. The molecule has 0 radical (unpaired) electrons. The van der Waals surface area contributed by atoms with Crippen molar-refractivity contribution in [2.75, 3.05) is 19.5 Å². The van der Waals surface area contributed by atoms with Crippen LogP contribution in [0.1, 0.15) is 22.5 Å². The second kappa shape index (κ2) is 5.06. The van der Waals surface area contributed by atoms with Gasteiger partial charge in [-0.25, -0.2) is 0 Å². The van der Waals surface area contributed by atoms with Crippen molar-refractivity contribution in [2.45, 2.75) is 18.9 Å². The van der Waals surface area contributed by atoms with E-state index in [2.05, 4.69) is 0 Å². The average molecular weight is 260 g/mol. The highest BCUT2D eigenvalue weighted by molar-refractivity contribution is 7.12. The van der Waals surface area contributed by atoms with Crippen LogP contribution in [0.4, 0.5) is 0 Å². The minimum atomic E-state index is 0.0800. The summed E-state index contributed by atoms with van der Waals surface area (Å²) in [6.07, 6.45) is 2.20. The van der Waals surface area contributed by atoms with Crippen LogP contribution in [0.3, 0.4) is 0 Å². The molecule has 0 aliphatic heterocycles. The number of thiophene rings is 1. The van der Waals surface area contributed by atoms with Crippen molar-refractivity contribution in [2.24, 2.45) is 0 Å². The van der Waals surface area contributed by atoms with E-state index in [-0.39, 0.29) is 5.91 Å². The number of carbonyl (C=O) groups excluding carboxylic acids is 1. The molecular weight excluding hydrogens is 246 g/mol. The van der Waals surface area contributed by atoms with Gasteiger partial charge in [-0.3, -0.25) is 4.79 Å². The van der Waals surface area contributed by atoms with Crippen molar-refractivity contribution in [1.29, 1.82) is 0 Å². The van der Waals surface area contributed by atoms with Crippen LogP contribution in [-0.2, 0) is 0 Å². The van der Waals surface area contributed by atoms with E-state index in [4.69, 9.17) is 16.3 Å². The highest BCUT2D eigenvalue weighted by Gasteiger charge is 2.33. The topological polar surface area (TPSA) is 29.5 Å². The van der Waals surface area contributed by atoms with E-state index in [1.165, 1.54) is 11.3 Å². The smallest absolute Gasteiger partial charge is 0.264 e. The largest absolute Gasteiger partial charge is 0.496 e. The average Bonchev–Trinajstić information content (AvgIpc) is 3.02. The molecule has 1 aliphatic carbocycles. The molecule has 0 N–H and O–H groups in total. The predicted octanol–water partition coefficient (Wildman–Crippen LogP) is 2.60. The fourth-order valence-corrected chi connectivity index (χ4v) is 2.60. The molecule has 1 aliphatic rings. The van der Waals surface area contributed by atoms with E-state index < -0.39 is 0 Å². The molecule has 1 heterocycles. The summed E-state index contributed by atoms with van der Waals surface area (Å²) in [6.45, 7) is 0.630. The lowest BCUT2D eigenvalue weighted by molar-refractivity contribution is 0.0758. The number of rotatable bonds is 5. The summed E-state index contributed by atoms with van der Waals surface area (Å²) in [6, 6.07) is 2.19. The maximum atomic E-state index is 12.2. The first kappa shape index (κ1) is 11.7. The van der Waals surface area contributed by atoms with Gasteiger partial charge in [0.05, 0.1) is 12.0 Å². The van der Waals surface area contributed by atoms with Gasteiger partial charge < -0.3 is 9.64 Å². The molecule has 0 atom stereocenters. The van der Waals surface area contributed by atoms with Crippen molar-refractivity contribution < 1.29 is 9.53 Å². The van der Waals surface area contributed by atoms with Gasteiger partial charge in [0.1, 0.15) is 5.75 Å². The lowest BCUT2D eigenvalue weighted by Gasteiger charge is -2.20. The molecule has 0 aromatic carbocycles. The van der Waals surface area contributed by atoms with Crippen LogP contribution in [0.2, 0.25) is 0 Å². The molecular formula is C11H14ClNO2S. The Morgan fingerprint density at radius 3 is 2.94 bits per heavy atom. The van der Waals surface area contributed by atoms with Crippen LogP contribution in [0.25, 0.3) is 0 Å². The molecule has 0 saturated heterocycles. The number of nitrogens with zero attached hydrogens (tertiary/aromatic N) is 1. The maximum Gasteiger partial charge on any atom is 0.264 e. The summed E-state index contributed by atoms with van der Waals surface area (Å²) in [4.78, 5) is 14.8. The van der Waals surface area contributed by atoms with Gasteiger partial charge in [0.25, 0.3) is 5.91 Å². The molecule has 1 amide bonds. The number of hydrogen-bond donors (Lipinski definition) is 0. The number of alkyl halides is 1. The van der Waals surface area contributed by atoms with Crippen molar-refractivity contribution in [3.05, 3.63) is 16.3 Å². The van der Waals surface area contributed by atoms with Gasteiger partial charge in [-0.2, -0.15) is 0 Å². The molecule has 1 saturated carbocycles. The lowest BCUT2D eigenvalue weighted by Crippen LogP contribution is -2.34. The molecule has 16 heavy (non-hydrogen) atoms. The van der Waals surface area contributed by atoms with Gasteiger partial charge in [-0.15, -0.1) is 22.9 Å². The molecule has 1 aromatic rings. The highest BCUT2D eigenvalue weighted by atomic mass is 35.5. The quantitative estimate of drug-likeness (QED) is 0.761. The summed E-state index contributed by atoms with van der Waals surface area (Å²) in [5.41, 5.74) is 0. The summed E-state index contributed by atoms with van der Waals surface area (Å²) in [7, 11) is 1.60. The predicted molar refractivity (Wildman–Crippen MR) is 65.6 cm³/mol. The second-order valence-corrected chi connectivity index (χ2v) is 5.06. The Balaban J connectivity index is 2.09. The minimum absolute atomic E-state index is 0.0800. The molecule has 1 aromatic heterocycles. The van der Waals surface area contributed by atoms with Crippen molar-refractivity contribution in [1.82, 2.24) is 4.90 Å². The Bertz CT molecular complexity index is 376. The Labute approximate surface area is 104 Å². The third-order valence-electron chi connectivity index (χ3n) is 2.60. The van der Waals surface area contributed by atoms with E-state index in [0.717, 1.165) is 23.5 Å². The zero-order valence-electron chi connectivity index (χ0n) is 9.11. The van der Waals surface area contributed by atoms with Gasteiger partial charge in [-0.05, 0) is 12.8 Å². The van der Waals surface area contributed by atoms with Crippen LogP contribution in [0, 0.1) is 0 Å². The van der Waals surface area contributed by atoms with Crippen LogP contribution in [-0.4, -0.2) is 36.4 Å². The van der Waals surface area contributed by atoms with Crippen LogP contribution < -0.4 is 4.74 Å². The number of methoxy groups -OCH3 is 1. The molecule has 88 valence electrons. The lowest BCUT2D eigenvalue weighted by atomic mass is 10.3. The minimum Gasteiger partial charge on any atom is -0.496 e. The Hall–Kier alpha value is -0.740. The maximum absolute atomic E-state index is 12.2. The Kier molecular flexibility index (Phi) is 3.71. The standard InChI is InChI=1S/C11H14ClNO2S/c1-15-9-6-10(16-7-9)11(14)13(5-4-12)8-2-3-8/h6-8H,2-5H2,1H3. The molecule has 1 fully saturated rings. The van der Waals surface area contributed by atoms with E-state index in [1.54, 1.807) is 13.2 Å². The molecule has 0 unspecified atom stereocenters. The number of carbonyl (C=O) groups is 1. The number of ether oxygens (including phenoxy) is 1. The number of amides is 1. The zero-order chi connectivity index (χ0) is 11.5. The van der Waals surface area contributed by atoms with Crippen molar-refractivity contribution >= 4 is 28.8 Å². The summed E-state index contributed by atoms with van der Waals surface area (Å²) in [5.74, 6) is 1.32. The fraction of sp³-hybridized carbons (Fsp3) is 0.545. The first-order chi connectivity index (χ1) is 7.76. The van der Waals surface area contributed by atoms with Gasteiger partial charge in [0.15, 0.2) is 0 Å². The first-order valence-corrected chi connectivity index (χ1v) is 6.67. The second-order valence-electron chi connectivity index (χ2n) is 3.77. The van der Waals surface area contributed by atoms with Gasteiger partial charge >= 0.3 is 0 Å². The fourth-order valence-electron chi connectivity index (χ4n) is 1.61. The van der Waals surface area contributed by atoms with E-state index in [1.807, 2.05) is 10.3 Å². The number of halogens is 1. The summed E-state index contributed by atoms with van der Waals surface area (Å²) < 4.78 is 5.07. The normalized spacial score (nSPS) is 14.9. The van der Waals surface area contributed by atoms with Gasteiger partial charge in [0, 0.05) is 29.9 Å². The zero-order valence-corrected chi connectivity index (χ0v) is 10.7. The third kappa shape index (κ3) is 2.50. The monoisotopic (exact) mass is 259 g/mol. The summed E-state index contributed by atoms with van der Waals surface area (Å²) in [5, 5.41) is 1.85. The number of hydrogen-bond acceptors (Lipinski definition) is 3. The van der Waals surface area contributed by atoms with Crippen LogP contribution >= 0.6 is 22.9 Å². The van der Waals surface area contributed by atoms with E-state index in [0.29, 0.717) is 18.5 Å². The van der Waals surface area contributed by atoms with Gasteiger partial charge in [-0.1, -0.05) is 0 Å². The summed E-state index contributed by atoms with van der Waals surface area (Å²) >= 11 is 7.14. The molecule has 0 spiro atoms. The Morgan fingerprint density at radius 1 is 1.69 bits per heavy atom. The first-order valence-electron chi connectivity index (χ1n) is 5.25. The SMILES string of the molecule is COc1csc(C(=O)N(CCCl)C2CC2)c1. The van der Waals surface area contributed by atoms with Crippen molar-refractivity contribution in [3.8, 4) is 5.75 Å². The third-order valence-corrected chi connectivity index (χ3v) is 3.66. The van der Waals surface area contributed by atoms with E-state index in [9.17, 15) is 4.79 Å². The highest BCUT2D eigenvalue weighted by Crippen LogP contribution is 2.30. The van der Waals surface area contributed by atoms with Crippen molar-refractivity contribution in [3.63, 3.8) is 0 Å². The molecule has 3 nitrogen and oxygen atoms in total.